The first-order valence-electron chi connectivity index (χ1n) is 5.16. The molecule has 5 N–H and O–H groups in total. The van der Waals surface area contributed by atoms with E-state index in [4.69, 9.17) is 20.4 Å². The summed E-state index contributed by atoms with van der Waals surface area (Å²) in [5, 5.41) is 38.8. The average molecular weight is 257 g/mol. The number of carbonyl (C=O) groups is 1. The first kappa shape index (κ1) is 14.3. The van der Waals surface area contributed by atoms with Crippen LogP contribution >= 0.6 is 0 Å². The standard InChI is InChI=1S/C10H15N3O5/c1-6-2-7(8(17)18)12-9(11-6)13-10(3-14,4-15)5-16/h2,14-16H,3-5H2,1H3,(H,17,18)(H,11,12,13). The van der Waals surface area contributed by atoms with Crippen molar-refractivity contribution in [3.8, 4) is 0 Å². The third-order valence-corrected chi connectivity index (χ3v) is 2.36. The van der Waals surface area contributed by atoms with E-state index in [1.165, 1.54) is 6.07 Å². The molecular formula is C10H15N3O5. The Bertz CT molecular complexity index is 425. The summed E-state index contributed by atoms with van der Waals surface area (Å²) in [4.78, 5) is 18.4. The van der Waals surface area contributed by atoms with Crippen LogP contribution in [-0.2, 0) is 0 Å². The van der Waals surface area contributed by atoms with Gasteiger partial charge in [0.15, 0.2) is 5.69 Å². The van der Waals surface area contributed by atoms with E-state index in [1.807, 2.05) is 0 Å². The van der Waals surface area contributed by atoms with Crippen LogP contribution in [-0.4, -0.2) is 61.7 Å². The molecule has 0 fully saturated rings. The highest BCUT2D eigenvalue weighted by atomic mass is 16.4. The fraction of sp³-hybridized carbons (Fsp3) is 0.500. The van der Waals surface area contributed by atoms with Crippen molar-refractivity contribution in [2.75, 3.05) is 25.1 Å². The number of aliphatic hydroxyl groups is 3. The number of hydrogen-bond donors (Lipinski definition) is 5. The number of rotatable bonds is 6. The molecule has 0 amide bonds. The Hall–Kier alpha value is -1.77. The molecule has 0 saturated heterocycles. The van der Waals surface area contributed by atoms with Crippen LogP contribution < -0.4 is 5.32 Å². The molecule has 0 aliphatic rings. The summed E-state index contributed by atoms with van der Waals surface area (Å²) in [6, 6.07) is 1.28. The van der Waals surface area contributed by atoms with Gasteiger partial charge in [-0.3, -0.25) is 0 Å². The van der Waals surface area contributed by atoms with E-state index in [9.17, 15) is 4.79 Å². The van der Waals surface area contributed by atoms with Crippen LogP contribution in [0, 0.1) is 6.92 Å². The molecular weight excluding hydrogens is 242 g/mol. The second-order valence-corrected chi connectivity index (χ2v) is 3.90. The monoisotopic (exact) mass is 257 g/mol. The number of aromatic nitrogens is 2. The largest absolute Gasteiger partial charge is 0.477 e. The summed E-state index contributed by atoms with van der Waals surface area (Å²) in [6.45, 7) is -0.0864. The first-order chi connectivity index (χ1) is 8.46. The van der Waals surface area contributed by atoms with E-state index in [1.54, 1.807) is 6.92 Å². The van der Waals surface area contributed by atoms with Gasteiger partial charge >= 0.3 is 5.97 Å². The molecule has 1 rings (SSSR count). The molecule has 0 saturated carbocycles. The Morgan fingerprint density at radius 2 is 1.83 bits per heavy atom. The highest BCUT2D eigenvalue weighted by Crippen LogP contribution is 2.12. The zero-order valence-electron chi connectivity index (χ0n) is 9.79. The molecule has 8 nitrogen and oxygen atoms in total. The average Bonchev–Trinajstić information content (AvgIpc) is 2.35. The van der Waals surface area contributed by atoms with Gasteiger partial charge in [0, 0.05) is 5.69 Å². The Morgan fingerprint density at radius 1 is 1.28 bits per heavy atom. The molecule has 18 heavy (non-hydrogen) atoms. The van der Waals surface area contributed by atoms with Gasteiger partial charge in [-0.1, -0.05) is 0 Å². The van der Waals surface area contributed by atoms with Gasteiger partial charge in [-0.05, 0) is 13.0 Å². The fourth-order valence-electron chi connectivity index (χ4n) is 1.24. The van der Waals surface area contributed by atoms with Crippen LogP contribution in [0.15, 0.2) is 6.07 Å². The number of carboxylic acids is 1. The summed E-state index contributed by atoms with van der Waals surface area (Å²) < 4.78 is 0. The number of nitrogens with zero attached hydrogens (tertiary/aromatic N) is 2. The highest BCUT2D eigenvalue weighted by molar-refractivity contribution is 5.85. The number of carboxylic acid groups (broad SMARTS) is 1. The number of nitrogens with one attached hydrogen (secondary N) is 1. The van der Waals surface area contributed by atoms with Gasteiger partial charge in [0.25, 0.3) is 0 Å². The van der Waals surface area contributed by atoms with Crippen LogP contribution in [0.5, 0.6) is 0 Å². The lowest BCUT2D eigenvalue weighted by atomic mass is 10.0. The van der Waals surface area contributed by atoms with Gasteiger partial charge in [-0.25, -0.2) is 14.8 Å². The zero-order chi connectivity index (χ0) is 13.8. The molecule has 0 aliphatic heterocycles. The minimum Gasteiger partial charge on any atom is -0.477 e. The quantitative estimate of drug-likeness (QED) is 0.420. The topological polar surface area (TPSA) is 136 Å². The van der Waals surface area contributed by atoms with Crippen molar-refractivity contribution in [3.63, 3.8) is 0 Å². The summed E-state index contributed by atoms with van der Waals surface area (Å²) >= 11 is 0. The maximum atomic E-state index is 10.8. The number of aromatic carboxylic acids is 1. The van der Waals surface area contributed by atoms with Gasteiger partial charge in [0.2, 0.25) is 5.95 Å². The molecule has 8 heteroatoms. The number of aryl methyl sites for hydroxylation is 1. The summed E-state index contributed by atoms with van der Waals surface area (Å²) in [5.41, 5.74) is -1.20. The molecule has 0 atom stereocenters. The van der Waals surface area contributed by atoms with Crippen molar-refractivity contribution >= 4 is 11.9 Å². The predicted molar refractivity (Wildman–Crippen MR) is 61.3 cm³/mol. The third kappa shape index (κ3) is 3.13. The zero-order valence-corrected chi connectivity index (χ0v) is 9.79. The van der Waals surface area contributed by atoms with Crippen LogP contribution in [0.3, 0.4) is 0 Å². The maximum Gasteiger partial charge on any atom is 0.354 e. The number of aliphatic hydroxyl groups excluding tert-OH is 3. The van der Waals surface area contributed by atoms with E-state index in [2.05, 4.69) is 15.3 Å². The third-order valence-electron chi connectivity index (χ3n) is 2.36. The van der Waals surface area contributed by atoms with E-state index < -0.39 is 31.3 Å². The molecule has 1 heterocycles. The second kappa shape index (κ2) is 5.71. The van der Waals surface area contributed by atoms with Crippen molar-refractivity contribution in [1.29, 1.82) is 0 Å². The lowest BCUT2D eigenvalue weighted by Crippen LogP contribution is -2.49. The molecule has 0 radical (unpaired) electrons. The highest BCUT2D eigenvalue weighted by Gasteiger charge is 2.29. The van der Waals surface area contributed by atoms with E-state index >= 15 is 0 Å². The molecule has 0 aliphatic carbocycles. The lowest BCUT2D eigenvalue weighted by Gasteiger charge is -2.28. The van der Waals surface area contributed by atoms with Gasteiger partial charge < -0.3 is 25.7 Å². The molecule has 0 aromatic carbocycles. The smallest absolute Gasteiger partial charge is 0.354 e. The molecule has 100 valence electrons. The van der Waals surface area contributed by atoms with Gasteiger partial charge in [0.05, 0.1) is 19.8 Å². The SMILES string of the molecule is Cc1cc(C(=O)O)nc(NC(CO)(CO)CO)n1. The summed E-state index contributed by atoms with van der Waals surface area (Å²) in [5.74, 6) is -1.30. The number of hydrogen-bond acceptors (Lipinski definition) is 7. The first-order valence-corrected chi connectivity index (χ1v) is 5.16. The number of anilines is 1. The lowest BCUT2D eigenvalue weighted by molar-refractivity contribution is 0.0690. The molecule has 1 aromatic heterocycles. The Labute approximate surface area is 103 Å². The van der Waals surface area contributed by atoms with Crippen LogP contribution in [0.4, 0.5) is 5.95 Å². The van der Waals surface area contributed by atoms with Crippen LogP contribution in [0.2, 0.25) is 0 Å². The second-order valence-electron chi connectivity index (χ2n) is 3.90. The van der Waals surface area contributed by atoms with Crippen molar-refractivity contribution in [2.45, 2.75) is 12.5 Å². The fourth-order valence-corrected chi connectivity index (χ4v) is 1.24. The Kier molecular flexibility index (Phi) is 4.54. The summed E-state index contributed by atoms with van der Waals surface area (Å²) in [7, 11) is 0. The van der Waals surface area contributed by atoms with Crippen molar-refractivity contribution in [2.24, 2.45) is 0 Å². The van der Waals surface area contributed by atoms with Crippen molar-refractivity contribution in [3.05, 3.63) is 17.5 Å². The minimum absolute atomic E-state index is 0.0791. The normalized spacial score (nSPS) is 11.3. The summed E-state index contributed by atoms with van der Waals surface area (Å²) in [6.07, 6.45) is 0. The molecule has 0 bridgehead atoms. The van der Waals surface area contributed by atoms with Crippen molar-refractivity contribution in [1.82, 2.24) is 9.97 Å². The minimum atomic E-state index is -1.40. The van der Waals surface area contributed by atoms with Gasteiger partial charge in [-0.15, -0.1) is 0 Å². The van der Waals surface area contributed by atoms with Crippen LogP contribution in [0.25, 0.3) is 0 Å². The molecule has 0 unspecified atom stereocenters. The Morgan fingerprint density at radius 3 is 2.28 bits per heavy atom. The maximum absolute atomic E-state index is 10.8. The molecule has 1 aromatic rings. The van der Waals surface area contributed by atoms with Crippen molar-refractivity contribution < 1.29 is 25.2 Å². The Balaban J connectivity index is 3.06. The van der Waals surface area contributed by atoms with E-state index in [0.29, 0.717) is 5.69 Å². The van der Waals surface area contributed by atoms with Gasteiger partial charge in [0.1, 0.15) is 5.54 Å². The van der Waals surface area contributed by atoms with E-state index in [0.717, 1.165) is 0 Å². The molecule has 0 spiro atoms. The predicted octanol–water partition coefficient (Wildman–Crippen LogP) is -1.39. The van der Waals surface area contributed by atoms with Crippen LogP contribution in [0.1, 0.15) is 16.2 Å². The van der Waals surface area contributed by atoms with E-state index in [-0.39, 0.29) is 11.6 Å². The van der Waals surface area contributed by atoms with Gasteiger partial charge in [-0.2, -0.15) is 0 Å².